The molecule has 108 valence electrons. The molecule has 0 atom stereocenters. The second kappa shape index (κ2) is 5.46. The van der Waals surface area contributed by atoms with Gasteiger partial charge in [0.25, 0.3) is 0 Å². The van der Waals surface area contributed by atoms with Gasteiger partial charge in [0.15, 0.2) is 0 Å². The van der Waals surface area contributed by atoms with Gasteiger partial charge in [0.1, 0.15) is 10.6 Å². The molecule has 4 nitrogen and oxygen atoms in total. The van der Waals surface area contributed by atoms with Crippen LogP contribution in [0.25, 0.3) is 10.2 Å². The van der Waals surface area contributed by atoms with E-state index in [-0.39, 0.29) is 20.7 Å². The topological polar surface area (TPSA) is 56.3 Å². The summed E-state index contributed by atoms with van der Waals surface area (Å²) in [6.45, 7) is 0. The van der Waals surface area contributed by atoms with Gasteiger partial charge in [0, 0.05) is 6.07 Å². The third-order valence-electron chi connectivity index (χ3n) is 2.68. The molecule has 3 rings (SSSR count). The van der Waals surface area contributed by atoms with Crippen LogP contribution in [-0.4, -0.2) is 13.4 Å². The molecule has 1 heterocycles. The van der Waals surface area contributed by atoms with E-state index in [2.05, 4.69) is 4.98 Å². The van der Waals surface area contributed by atoms with E-state index < -0.39 is 10.1 Å². The summed E-state index contributed by atoms with van der Waals surface area (Å²) in [4.78, 5) is 3.88. The predicted molar refractivity (Wildman–Crippen MR) is 83.9 cm³/mol. The van der Waals surface area contributed by atoms with Gasteiger partial charge in [0.2, 0.25) is 0 Å². The highest BCUT2D eigenvalue weighted by molar-refractivity contribution is 7.87. The Morgan fingerprint density at radius 1 is 1.10 bits per heavy atom. The fraction of sp³-hybridized carbons (Fsp3) is 0. The highest BCUT2D eigenvalue weighted by atomic mass is 35.5. The van der Waals surface area contributed by atoms with Crippen molar-refractivity contribution < 1.29 is 12.6 Å². The van der Waals surface area contributed by atoms with Crippen molar-refractivity contribution >= 4 is 54.9 Å². The molecular formula is C13H7Cl2NO3S2. The maximum atomic E-state index is 12.3. The summed E-state index contributed by atoms with van der Waals surface area (Å²) < 4.78 is 30.6. The Hall–Kier alpha value is -1.34. The predicted octanol–water partition coefficient (Wildman–Crippen LogP) is 4.37. The molecular weight excluding hydrogens is 353 g/mol. The van der Waals surface area contributed by atoms with Crippen LogP contribution in [0.5, 0.6) is 5.75 Å². The fourth-order valence-corrected chi connectivity index (χ4v) is 4.50. The second-order valence-corrected chi connectivity index (χ2v) is 7.25. The van der Waals surface area contributed by atoms with Crippen molar-refractivity contribution in [3.63, 3.8) is 0 Å². The van der Waals surface area contributed by atoms with E-state index in [4.69, 9.17) is 27.4 Å². The summed E-state index contributed by atoms with van der Waals surface area (Å²) in [5, 5.41) is 0.0303. The second-order valence-electron chi connectivity index (χ2n) is 4.07. The molecule has 0 aliphatic carbocycles. The molecule has 0 aliphatic heterocycles. The van der Waals surface area contributed by atoms with Crippen LogP contribution >= 0.6 is 34.5 Å². The molecule has 0 aliphatic rings. The van der Waals surface area contributed by atoms with Gasteiger partial charge in [-0.2, -0.15) is 8.42 Å². The summed E-state index contributed by atoms with van der Waals surface area (Å²) in [6, 6.07) is 9.27. The summed E-state index contributed by atoms with van der Waals surface area (Å²) in [5.41, 5.74) is 2.45. The van der Waals surface area contributed by atoms with Gasteiger partial charge in [0.05, 0.1) is 25.8 Å². The summed E-state index contributed by atoms with van der Waals surface area (Å²) in [6.07, 6.45) is 0. The van der Waals surface area contributed by atoms with Crippen molar-refractivity contribution in [3.8, 4) is 5.75 Å². The van der Waals surface area contributed by atoms with E-state index in [1.165, 1.54) is 29.5 Å². The zero-order chi connectivity index (χ0) is 15.0. The number of rotatable bonds is 3. The molecule has 0 bridgehead atoms. The Kier molecular flexibility index (Phi) is 3.79. The number of benzene rings is 2. The zero-order valence-corrected chi connectivity index (χ0v) is 13.4. The first kappa shape index (κ1) is 14.6. The maximum Gasteiger partial charge on any atom is 0.342 e. The number of hydrogen-bond donors (Lipinski definition) is 0. The molecule has 0 amide bonds. The highest BCUT2D eigenvalue weighted by Gasteiger charge is 2.24. The van der Waals surface area contributed by atoms with Gasteiger partial charge in [-0.05, 0) is 24.3 Å². The van der Waals surface area contributed by atoms with Gasteiger partial charge in [-0.15, -0.1) is 11.3 Å². The molecule has 0 fully saturated rings. The summed E-state index contributed by atoms with van der Waals surface area (Å²) >= 11 is 13.2. The largest absolute Gasteiger partial charge is 0.379 e. The highest BCUT2D eigenvalue weighted by Crippen LogP contribution is 2.32. The number of fused-ring (bicyclic) bond motifs is 1. The number of nitrogens with zero attached hydrogens (tertiary/aromatic N) is 1. The SMILES string of the molecule is O=S(=O)(Oc1ccc2ncsc2c1)c1c(Cl)cccc1Cl. The Bertz CT molecular complexity index is 902. The lowest BCUT2D eigenvalue weighted by molar-refractivity contribution is 0.486. The number of hydrogen-bond acceptors (Lipinski definition) is 5. The minimum absolute atomic E-state index is 0.0152. The molecule has 8 heteroatoms. The van der Waals surface area contributed by atoms with Gasteiger partial charge in [-0.1, -0.05) is 29.3 Å². The van der Waals surface area contributed by atoms with Crippen LogP contribution in [0.15, 0.2) is 46.8 Å². The molecule has 0 saturated heterocycles. The Morgan fingerprint density at radius 2 is 1.81 bits per heavy atom. The summed E-state index contributed by atoms with van der Waals surface area (Å²) in [5.74, 6) is 0.183. The molecule has 0 N–H and O–H groups in total. The van der Waals surface area contributed by atoms with Crippen molar-refractivity contribution in [2.45, 2.75) is 4.90 Å². The lowest BCUT2D eigenvalue weighted by atomic mass is 10.3. The van der Waals surface area contributed by atoms with E-state index in [1.54, 1.807) is 23.7 Å². The smallest absolute Gasteiger partial charge is 0.342 e. The van der Waals surface area contributed by atoms with Crippen molar-refractivity contribution in [1.29, 1.82) is 0 Å². The first-order chi connectivity index (χ1) is 9.97. The minimum atomic E-state index is -4.11. The lowest BCUT2D eigenvalue weighted by Gasteiger charge is -2.09. The van der Waals surface area contributed by atoms with Crippen molar-refractivity contribution in [1.82, 2.24) is 4.98 Å². The number of thiazole rings is 1. The Labute approximate surface area is 135 Å². The van der Waals surface area contributed by atoms with Crippen LogP contribution in [0.1, 0.15) is 0 Å². The quantitative estimate of drug-likeness (QED) is 0.651. The third-order valence-corrected chi connectivity index (χ3v) is 5.68. The average molecular weight is 360 g/mol. The van der Waals surface area contributed by atoms with Gasteiger partial charge >= 0.3 is 10.1 Å². The van der Waals surface area contributed by atoms with Gasteiger partial charge in [-0.3, -0.25) is 0 Å². The van der Waals surface area contributed by atoms with Crippen LogP contribution in [0.3, 0.4) is 0 Å². The third kappa shape index (κ3) is 2.85. The Balaban J connectivity index is 2.03. The normalized spacial score (nSPS) is 11.7. The van der Waals surface area contributed by atoms with Crippen molar-refractivity contribution in [2.75, 3.05) is 0 Å². The molecule has 0 spiro atoms. The van der Waals surface area contributed by atoms with Crippen LogP contribution in [-0.2, 0) is 10.1 Å². The average Bonchev–Trinajstić information content (AvgIpc) is 2.85. The monoisotopic (exact) mass is 359 g/mol. The van der Waals surface area contributed by atoms with Gasteiger partial charge < -0.3 is 4.18 Å². The van der Waals surface area contributed by atoms with Crippen LogP contribution in [0.4, 0.5) is 0 Å². The first-order valence-electron chi connectivity index (χ1n) is 5.69. The molecule has 1 aromatic heterocycles. The van der Waals surface area contributed by atoms with E-state index in [9.17, 15) is 8.42 Å². The molecule has 0 saturated carbocycles. The van der Waals surface area contributed by atoms with Crippen molar-refractivity contribution in [3.05, 3.63) is 52.0 Å². The Morgan fingerprint density at radius 3 is 2.52 bits per heavy atom. The van der Waals surface area contributed by atoms with Gasteiger partial charge in [-0.25, -0.2) is 4.98 Å². The van der Waals surface area contributed by atoms with E-state index in [1.807, 2.05) is 0 Å². The van der Waals surface area contributed by atoms with E-state index >= 15 is 0 Å². The number of aromatic nitrogens is 1. The minimum Gasteiger partial charge on any atom is -0.379 e. The fourth-order valence-electron chi connectivity index (χ4n) is 1.78. The van der Waals surface area contributed by atoms with E-state index in [0.29, 0.717) is 0 Å². The maximum absolute atomic E-state index is 12.3. The number of halogens is 2. The summed E-state index contributed by atoms with van der Waals surface area (Å²) in [7, 11) is -4.11. The molecule has 0 unspecified atom stereocenters. The van der Waals surface area contributed by atoms with Crippen LogP contribution < -0.4 is 4.18 Å². The molecule has 0 radical (unpaired) electrons. The van der Waals surface area contributed by atoms with Crippen LogP contribution in [0, 0.1) is 0 Å². The molecule has 21 heavy (non-hydrogen) atoms. The van der Waals surface area contributed by atoms with Crippen LogP contribution in [0.2, 0.25) is 10.0 Å². The molecule has 3 aromatic rings. The standard InChI is InChI=1S/C13H7Cl2NO3S2/c14-9-2-1-3-10(15)13(9)21(17,18)19-8-4-5-11-12(6-8)20-7-16-11/h1-7H. The zero-order valence-electron chi connectivity index (χ0n) is 10.3. The van der Waals surface area contributed by atoms with Crippen molar-refractivity contribution in [2.24, 2.45) is 0 Å². The lowest BCUT2D eigenvalue weighted by Crippen LogP contribution is -2.11. The first-order valence-corrected chi connectivity index (χ1v) is 8.73. The van der Waals surface area contributed by atoms with E-state index in [0.717, 1.165) is 10.2 Å². The molecule has 2 aromatic carbocycles.